The summed E-state index contributed by atoms with van der Waals surface area (Å²) in [5.41, 5.74) is 0.598. The van der Waals surface area contributed by atoms with Crippen LogP contribution in [0.15, 0.2) is 6.07 Å². The molecule has 1 aliphatic heterocycles. The first kappa shape index (κ1) is 14.0. The van der Waals surface area contributed by atoms with Crippen molar-refractivity contribution < 1.29 is 9.90 Å². The molecule has 0 radical (unpaired) electrons. The van der Waals surface area contributed by atoms with E-state index in [4.69, 9.17) is 11.6 Å². The maximum atomic E-state index is 11.8. The van der Waals surface area contributed by atoms with Crippen LogP contribution in [-0.4, -0.2) is 33.6 Å². The van der Waals surface area contributed by atoms with E-state index >= 15 is 0 Å². The van der Waals surface area contributed by atoms with Gasteiger partial charge in [0, 0.05) is 5.56 Å². The van der Waals surface area contributed by atoms with Gasteiger partial charge in [-0.2, -0.15) is 0 Å². The smallest absolute Gasteiger partial charge is 0.325 e. The van der Waals surface area contributed by atoms with Gasteiger partial charge in [-0.1, -0.05) is 32.4 Å². The molecule has 7 heteroatoms. The van der Waals surface area contributed by atoms with Gasteiger partial charge in [0.2, 0.25) is 0 Å². The lowest BCUT2D eigenvalue weighted by molar-refractivity contribution is 0.148. The van der Waals surface area contributed by atoms with Crippen molar-refractivity contribution >= 4 is 23.4 Å². The predicted molar refractivity (Wildman–Crippen MR) is 72.2 cm³/mol. The molecule has 104 valence electrons. The number of nitrogens with one attached hydrogen (secondary N) is 1. The standard InChI is InChI=1S/C12H17ClN4O2/c1-6-10(18)14-11(19)17(6)8-5-7(12(2,3)4)9(13)16-15-8/h5-6,10,18H,1-4H3,(H,14,19). The molecule has 2 N–H and O–H groups in total. The maximum absolute atomic E-state index is 11.8. The first-order valence-electron chi connectivity index (χ1n) is 6.03. The molecular weight excluding hydrogens is 268 g/mol. The molecule has 1 aromatic heterocycles. The second-order valence-corrected chi connectivity index (χ2v) is 6.02. The summed E-state index contributed by atoms with van der Waals surface area (Å²) < 4.78 is 0. The Morgan fingerprint density at radius 3 is 2.53 bits per heavy atom. The molecule has 2 atom stereocenters. The largest absolute Gasteiger partial charge is 0.371 e. The van der Waals surface area contributed by atoms with E-state index in [9.17, 15) is 9.90 Å². The molecule has 1 aromatic rings. The van der Waals surface area contributed by atoms with Gasteiger partial charge in [-0.15, -0.1) is 10.2 Å². The second kappa shape index (κ2) is 4.61. The molecule has 2 rings (SSSR count). The maximum Gasteiger partial charge on any atom is 0.325 e. The van der Waals surface area contributed by atoms with E-state index in [1.807, 2.05) is 20.8 Å². The summed E-state index contributed by atoms with van der Waals surface area (Å²) in [7, 11) is 0. The highest BCUT2D eigenvalue weighted by Gasteiger charge is 2.37. The second-order valence-electron chi connectivity index (χ2n) is 5.66. The Morgan fingerprint density at radius 2 is 2.05 bits per heavy atom. The van der Waals surface area contributed by atoms with Gasteiger partial charge in [0.05, 0.1) is 6.04 Å². The highest BCUT2D eigenvalue weighted by atomic mass is 35.5. The average molecular weight is 285 g/mol. The number of anilines is 1. The normalized spacial score (nSPS) is 23.7. The van der Waals surface area contributed by atoms with Crippen LogP contribution in [0.2, 0.25) is 5.15 Å². The number of halogens is 1. The third-order valence-corrected chi connectivity index (χ3v) is 3.42. The first-order chi connectivity index (χ1) is 8.71. The molecule has 19 heavy (non-hydrogen) atoms. The molecule has 1 aliphatic rings. The van der Waals surface area contributed by atoms with Crippen LogP contribution in [0.1, 0.15) is 33.3 Å². The van der Waals surface area contributed by atoms with E-state index in [2.05, 4.69) is 15.5 Å². The molecule has 0 spiro atoms. The number of hydrogen-bond acceptors (Lipinski definition) is 4. The van der Waals surface area contributed by atoms with Crippen molar-refractivity contribution in [1.82, 2.24) is 15.5 Å². The number of amides is 2. The van der Waals surface area contributed by atoms with Crippen molar-refractivity contribution in [2.75, 3.05) is 4.90 Å². The zero-order chi connectivity index (χ0) is 14.4. The lowest BCUT2D eigenvalue weighted by atomic mass is 9.88. The molecule has 2 amide bonds. The number of carbonyl (C=O) groups is 1. The lowest BCUT2D eigenvalue weighted by Gasteiger charge is -2.23. The third-order valence-electron chi connectivity index (χ3n) is 3.15. The van der Waals surface area contributed by atoms with Gasteiger partial charge in [0.1, 0.15) is 6.23 Å². The average Bonchev–Trinajstić information content (AvgIpc) is 2.53. The number of nitrogens with zero attached hydrogens (tertiary/aromatic N) is 3. The third kappa shape index (κ3) is 2.50. The molecule has 0 aliphatic carbocycles. The van der Waals surface area contributed by atoms with Gasteiger partial charge < -0.3 is 10.4 Å². The Balaban J connectivity index is 2.45. The summed E-state index contributed by atoms with van der Waals surface area (Å²) in [6.45, 7) is 7.74. The van der Waals surface area contributed by atoms with Crippen LogP contribution >= 0.6 is 11.6 Å². The minimum atomic E-state index is -0.914. The van der Waals surface area contributed by atoms with Crippen molar-refractivity contribution in [3.05, 3.63) is 16.8 Å². The minimum Gasteiger partial charge on any atom is -0.371 e. The van der Waals surface area contributed by atoms with Crippen LogP contribution in [0.25, 0.3) is 0 Å². The Morgan fingerprint density at radius 1 is 1.42 bits per heavy atom. The molecular formula is C12H17ClN4O2. The summed E-state index contributed by atoms with van der Waals surface area (Å²) in [6, 6.07) is 0.941. The van der Waals surface area contributed by atoms with Crippen molar-refractivity contribution in [3.63, 3.8) is 0 Å². The van der Waals surface area contributed by atoms with Crippen LogP contribution in [0.3, 0.4) is 0 Å². The predicted octanol–water partition coefficient (Wildman–Crippen LogP) is 1.66. The van der Waals surface area contributed by atoms with E-state index in [1.165, 1.54) is 4.90 Å². The zero-order valence-corrected chi connectivity index (χ0v) is 12.1. The lowest BCUT2D eigenvalue weighted by Crippen LogP contribution is -2.35. The number of aliphatic hydroxyl groups is 1. The molecule has 0 aromatic carbocycles. The number of aromatic nitrogens is 2. The number of hydrogen-bond donors (Lipinski definition) is 2. The molecule has 6 nitrogen and oxygen atoms in total. The van der Waals surface area contributed by atoms with Crippen molar-refractivity contribution in [1.29, 1.82) is 0 Å². The van der Waals surface area contributed by atoms with Crippen LogP contribution in [-0.2, 0) is 5.41 Å². The fourth-order valence-electron chi connectivity index (χ4n) is 1.97. The molecule has 1 saturated heterocycles. The van der Waals surface area contributed by atoms with Gasteiger partial charge in [0.25, 0.3) is 0 Å². The van der Waals surface area contributed by atoms with Crippen molar-refractivity contribution in [2.45, 2.75) is 45.4 Å². The number of carbonyl (C=O) groups excluding carboxylic acids is 1. The van der Waals surface area contributed by atoms with Gasteiger partial charge in [-0.05, 0) is 18.4 Å². The topological polar surface area (TPSA) is 78.4 Å². The van der Waals surface area contributed by atoms with Gasteiger partial charge in [-0.3, -0.25) is 4.90 Å². The molecule has 0 bridgehead atoms. The Bertz CT molecular complexity index is 515. The molecule has 1 fully saturated rings. The number of aliphatic hydroxyl groups excluding tert-OH is 1. The highest BCUT2D eigenvalue weighted by molar-refractivity contribution is 6.30. The van der Waals surface area contributed by atoms with E-state index in [-0.39, 0.29) is 5.41 Å². The fraction of sp³-hybridized carbons (Fsp3) is 0.583. The van der Waals surface area contributed by atoms with Crippen LogP contribution in [0.4, 0.5) is 10.6 Å². The van der Waals surface area contributed by atoms with E-state index in [0.717, 1.165) is 5.56 Å². The molecule has 2 unspecified atom stereocenters. The fourth-order valence-corrected chi connectivity index (χ4v) is 2.34. The molecule has 2 heterocycles. The number of urea groups is 1. The van der Waals surface area contributed by atoms with Gasteiger partial charge >= 0.3 is 6.03 Å². The van der Waals surface area contributed by atoms with Crippen LogP contribution in [0, 0.1) is 0 Å². The quantitative estimate of drug-likeness (QED) is 0.822. The van der Waals surface area contributed by atoms with E-state index in [0.29, 0.717) is 11.0 Å². The van der Waals surface area contributed by atoms with E-state index in [1.54, 1.807) is 13.0 Å². The number of rotatable bonds is 1. The Labute approximate surface area is 116 Å². The van der Waals surface area contributed by atoms with E-state index < -0.39 is 18.3 Å². The van der Waals surface area contributed by atoms with Gasteiger partial charge in [0.15, 0.2) is 11.0 Å². The highest BCUT2D eigenvalue weighted by Crippen LogP contribution is 2.31. The summed E-state index contributed by atoms with van der Waals surface area (Å²) in [4.78, 5) is 13.2. The summed E-state index contributed by atoms with van der Waals surface area (Å²) in [6.07, 6.45) is -0.914. The summed E-state index contributed by atoms with van der Waals surface area (Å²) in [5.74, 6) is 0.385. The summed E-state index contributed by atoms with van der Waals surface area (Å²) >= 11 is 6.05. The Kier molecular flexibility index (Phi) is 3.40. The Hall–Kier alpha value is -1.40. The minimum absolute atomic E-state index is 0.209. The zero-order valence-electron chi connectivity index (χ0n) is 11.3. The van der Waals surface area contributed by atoms with Crippen LogP contribution in [0.5, 0.6) is 0 Å². The van der Waals surface area contributed by atoms with Crippen molar-refractivity contribution in [2.24, 2.45) is 0 Å². The van der Waals surface area contributed by atoms with Crippen LogP contribution < -0.4 is 10.2 Å². The van der Waals surface area contributed by atoms with Gasteiger partial charge in [-0.25, -0.2) is 4.79 Å². The monoisotopic (exact) mass is 284 g/mol. The molecule has 0 saturated carbocycles. The first-order valence-corrected chi connectivity index (χ1v) is 6.41. The SMILES string of the molecule is CC1C(O)NC(=O)N1c1cc(C(C)(C)C)c(Cl)nn1. The summed E-state index contributed by atoms with van der Waals surface area (Å²) in [5, 5.41) is 20.2. The van der Waals surface area contributed by atoms with Crippen molar-refractivity contribution in [3.8, 4) is 0 Å².